The number of carbonyl (C=O) groups excluding carboxylic acids is 2. The average molecular weight is 558 g/mol. The number of aryl methyl sites for hydroxylation is 1. The van der Waals surface area contributed by atoms with E-state index in [2.05, 4.69) is 5.32 Å². The molecule has 1 atom stereocenters. The fourth-order valence-corrected chi connectivity index (χ4v) is 5.61. The molecule has 0 saturated carbocycles. The number of ether oxygens (including phenoxy) is 1. The van der Waals surface area contributed by atoms with Gasteiger partial charge in [-0.2, -0.15) is 0 Å². The molecule has 0 heterocycles. The van der Waals surface area contributed by atoms with Crippen LogP contribution in [0, 0.1) is 6.92 Å². The van der Waals surface area contributed by atoms with E-state index in [1.54, 1.807) is 38.1 Å². The summed E-state index contributed by atoms with van der Waals surface area (Å²) in [6.07, 6.45) is 0. The van der Waals surface area contributed by atoms with E-state index in [9.17, 15) is 18.0 Å². The SMILES string of the molecule is CCNC(=O)[C@H](C)N(Cc1cccc(C)c1)C(=O)CN(c1cc(Cl)ccc1OC)S(=O)(=O)c1ccccc1. The highest BCUT2D eigenvalue weighted by molar-refractivity contribution is 7.92. The third-order valence-electron chi connectivity index (χ3n) is 5.97. The number of nitrogens with zero attached hydrogens (tertiary/aromatic N) is 2. The minimum Gasteiger partial charge on any atom is -0.495 e. The van der Waals surface area contributed by atoms with E-state index in [4.69, 9.17) is 16.3 Å². The summed E-state index contributed by atoms with van der Waals surface area (Å²) in [6, 6.07) is 19.1. The lowest BCUT2D eigenvalue weighted by atomic mass is 10.1. The standard InChI is InChI=1S/C28H32ClN3O5S/c1-5-30-28(34)21(3)31(18-22-11-9-10-20(2)16-22)27(33)19-32(25-17-23(29)14-15-26(25)37-4)38(35,36)24-12-7-6-8-13-24/h6-17,21H,5,18-19H2,1-4H3,(H,30,34)/t21-/m0/s1. The van der Waals surface area contributed by atoms with Crippen molar-refractivity contribution in [1.29, 1.82) is 0 Å². The van der Waals surface area contributed by atoms with Gasteiger partial charge in [-0.1, -0.05) is 59.6 Å². The topological polar surface area (TPSA) is 96.0 Å². The number of benzene rings is 3. The molecule has 3 aromatic carbocycles. The molecule has 0 aliphatic carbocycles. The fourth-order valence-electron chi connectivity index (χ4n) is 4.00. The van der Waals surface area contributed by atoms with E-state index in [1.807, 2.05) is 31.2 Å². The third kappa shape index (κ3) is 6.85. The van der Waals surface area contributed by atoms with E-state index >= 15 is 0 Å². The Morgan fingerprint density at radius 3 is 2.37 bits per heavy atom. The number of anilines is 1. The van der Waals surface area contributed by atoms with Crippen molar-refractivity contribution in [2.45, 2.75) is 38.3 Å². The van der Waals surface area contributed by atoms with Crippen LogP contribution in [0.1, 0.15) is 25.0 Å². The van der Waals surface area contributed by atoms with Crippen LogP contribution in [-0.2, 0) is 26.2 Å². The maximum absolute atomic E-state index is 13.9. The Bertz CT molecular complexity index is 1380. The van der Waals surface area contributed by atoms with Gasteiger partial charge in [0.25, 0.3) is 10.0 Å². The van der Waals surface area contributed by atoms with Crippen LogP contribution in [0.25, 0.3) is 0 Å². The predicted octanol–water partition coefficient (Wildman–Crippen LogP) is 4.41. The van der Waals surface area contributed by atoms with Crippen LogP contribution < -0.4 is 14.4 Å². The normalized spacial score (nSPS) is 11.9. The van der Waals surface area contributed by atoms with Crippen molar-refractivity contribution < 1.29 is 22.7 Å². The Labute approximate surface area is 229 Å². The number of amides is 2. The summed E-state index contributed by atoms with van der Waals surface area (Å²) < 4.78 is 34.1. The molecule has 0 saturated heterocycles. The molecule has 0 bridgehead atoms. The number of sulfonamides is 1. The monoisotopic (exact) mass is 557 g/mol. The summed E-state index contributed by atoms with van der Waals surface area (Å²) in [6.45, 7) is 5.27. The van der Waals surface area contributed by atoms with Crippen LogP contribution in [0.2, 0.25) is 5.02 Å². The van der Waals surface area contributed by atoms with Crippen LogP contribution in [0.5, 0.6) is 5.75 Å². The Hall–Kier alpha value is -3.56. The summed E-state index contributed by atoms with van der Waals surface area (Å²) in [7, 11) is -2.82. The van der Waals surface area contributed by atoms with Crippen molar-refractivity contribution in [3.8, 4) is 5.75 Å². The van der Waals surface area contributed by atoms with Crippen LogP contribution in [-0.4, -0.2) is 51.4 Å². The maximum Gasteiger partial charge on any atom is 0.264 e. The minimum atomic E-state index is -4.22. The van der Waals surface area contributed by atoms with Crippen molar-refractivity contribution in [3.63, 3.8) is 0 Å². The van der Waals surface area contributed by atoms with Gasteiger partial charge in [0.2, 0.25) is 11.8 Å². The molecule has 0 fully saturated rings. The first-order valence-electron chi connectivity index (χ1n) is 12.1. The van der Waals surface area contributed by atoms with Crippen LogP contribution in [0.3, 0.4) is 0 Å². The van der Waals surface area contributed by atoms with Gasteiger partial charge in [0.15, 0.2) is 0 Å². The summed E-state index contributed by atoms with van der Waals surface area (Å²) in [5.74, 6) is -0.679. The quantitative estimate of drug-likeness (QED) is 0.377. The van der Waals surface area contributed by atoms with Crippen molar-refractivity contribution >= 4 is 39.1 Å². The van der Waals surface area contributed by atoms with Gasteiger partial charge in [0, 0.05) is 18.1 Å². The largest absolute Gasteiger partial charge is 0.495 e. The molecule has 3 rings (SSSR count). The maximum atomic E-state index is 13.9. The lowest BCUT2D eigenvalue weighted by molar-refractivity contribution is -0.139. The first kappa shape index (κ1) is 29.0. The molecule has 0 aliphatic rings. The van der Waals surface area contributed by atoms with Crippen LogP contribution >= 0.6 is 11.6 Å². The lowest BCUT2D eigenvalue weighted by Crippen LogP contribution is -2.51. The number of hydrogen-bond donors (Lipinski definition) is 1. The molecule has 38 heavy (non-hydrogen) atoms. The summed E-state index contributed by atoms with van der Waals surface area (Å²) in [5, 5.41) is 3.01. The van der Waals surface area contributed by atoms with Gasteiger partial charge in [-0.15, -0.1) is 0 Å². The number of likely N-dealkylation sites (N-methyl/N-ethyl adjacent to an activating group) is 1. The number of rotatable bonds is 11. The van der Waals surface area contributed by atoms with E-state index in [0.29, 0.717) is 6.54 Å². The van der Waals surface area contributed by atoms with Gasteiger partial charge >= 0.3 is 0 Å². The number of nitrogens with one attached hydrogen (secondary N) is 1. The summed E-state index contributed by atoms with van der Waals surface area (Å²) >= 11 is 6.24. The predicted molar refractivity (Wildman–Crippen MR) is 149 cm³/mol. The highest BCUT2D eigenvalue weighted by Crippen LogP contribution is 2.35. The number of carbonyl (C=O) groups is 2. The first-order chi connectivity index (χ1) is 18.1. The summed E-state index contributed by atoms with van der Waals surface area (Å²) in [5.41, 5.74) is 1.92. The van der Waals surface area contributed by atoms with Gasteiger partial charge in [0.05, 0.1) is 17.7 Å². The van der Waals surface area contributed by atoms with Gasteiger partial charge in [-0.25, -0.2) is 8.42 Å². The van der Waals surface area contributed by atoms with Gasteiger partial charge in [0.1, 0.15) is 18.3 Å². The first-order valence-corrected chi connectivity index (χ1v) is 13.9. The molecule has 0 aliphatic heterocycles. The molecular formula is C28H32ClN3O5S. The zero-order chi connectivity index (χ0) is 27.9. The molecule has 10 heteroatoms. The van der Waals surface area contributed by atoms with Crippen LogP contribution in [0.15, 0.2) is 77.7 Å². The summed E-state index contributed by atoms with van der Waals surface area (Å²) in [4.78, 5) is 28.1. The van der Waals surface area contributed by atoms with Gasteiger partial charge in [-0.05, 0) is 56.7 Å². The van der Waals surface area contributed by atoms with Gasteiger partial charge in [-0.3, -0.25) is 13.9 Å². The molecule has 0 aromatic heterocycles. The fraction of sp³-hybridized carbons (Fsp3) is 0.286. The smallest absolute Gasteiger partial charge is 0.264 e. The Morgan fingerprint density at radius 1 is 1.03 bits per heavy atom. The zero-order valence-corrected chi connectivity index (χ0v) is 23.4. The highest BCUT2D eigenvalue weighted by Gasteiger charge is 2.33. The third-order valence-corrected chi connectivity index (χ3v) is 7.98. The second kappa shape index (κ2) is 12.8. The van der Waals surface area contributed by atoms with Crippen LogP contribution in [0.4, 0.5) is 5.69 Å². The Kier molecular flexibility index (Phi) is 9.77. The van der Waals surface area contributed by atoms with E-state index in [0.717, 1.165) is 15.4 Å². The number of hydrogen-bond acceptors (Lipinski definition) is 5. The molecule has 0 unspecified atom stereocenters. The molecule has 1 N–H and O–H groups in total. The van der Waals surface area contributed by atoms with E-state index in [1.165, 1.54) is 36.3 Å². The number of methoxy groups -OCH3 is 1. The molecule has 202 valence electrons. The van der Waals surface area contributed by atoms with Gasteiger partial charge < -0.3 is 15.0 Å². The van der Waals surface area contributed by atoms with Crippen molar-refractivity contribution in [3.05, 3.63) is 88.9 Å². The molecule has 2 amide bonds. The van der Waals surface area contributed by atoms with Crippen molar-refractivity contribution in [2.24, 2.45) is 0 Å². The molecular weight excluding hydrogens is 526 g/mol. The average Bonchev–Trinajstić information content (AvgIpc) is 2.90. The second-order valence-corrected chi connectivity index (χ2v) is 11.0. The second-order valence-electron chi connectivity index (χ2n) is 8.72. The highest BCUT2D eigenvalue weighted by atomic mass is 35.5. The van der Waals surface area contributed by atoms with Crippen molar-refractivity contribution in [1.82, 2.24) is 10.2 Å². The Balaban J connectivity index is 2.09. The zero-order valence-electron chi connectivity index (χ0n) is 21.8. The molecule has 0 radical (unpaired) electrons. The Morgan fingerprint density at radius 2 is 1.74 bits per heavy atom. The molecule has 3 aromatic rings. The molecule has 0 spiro atoms. The minimum absolute atomic E-state index is 0.00293. The van der Waals surface area contributed by atoms with E-state index in [-0.39, 0.29) is 33.8 Å². The molecule has 8 nitrogen and oxygen atoms in total. The lowest BCUT2D eigenvalue weighted by Gasteiger charge is -2.32. The van der Waals surface area contributed by atoms with E-state index < -0.39 is 28.5 Å². The van der Waals surface area contributed by atoms with Crippen molar-refractivity contribution in [2.75, 3.05) is 24.5 Å². The number of halogens is 1.